The Kier molecular flexibility index (Phi) is 4.41. The molecule has 0 saturated carbocycles. The van der Waals surface area contributed by atoms with Gasteiger partial charge in [0.25, 0.3) is 0 Å². The van der Waals surface area contributed by atoms with Crippen LogP contribution in [0.15, 0.2) is 12.2 Å². The topological polar surface area (TPSA) is 0 Å². The molecule has 0 bridgehead atoms. The maximum atomic E-state index is 11.1. The first kappa shape index (κ1) is 5.67. The lowest BCUT2D eigenvalue weighted by molar-refractivity contribution is 0.501. The molecule has 0 spiro atoms. The third-order valence-electron chi connectivity index (χ3n) is 0.511. The molecule has 0 amide bonds. The van der Waals surface area contributed by atoms with Gasteiger partial charge in [-0.15, -0.1) is 0 Å². The Morgan fingerprint density at radius 3 is 2.50 bits per heavy atom. The Labute approximate surface area is 37.7 Å². The van der Waals surface area contributed by atoms with E-state index in [9.17, 15) is 4.39 Å². The van der Waals surface area contributed by atoms with Gasteiger partial charge in [0.2, 0.25) is 0 Å². The van der Waals surface area contributed by atoms with Crippen molar-refractivity contribution in [3.63, 3.8) is 0 Å². The molecule has 0 fully saturated rings. The highest BCUT2D eigenvalue weighted by atomic mass is 19.1. The van der Waals surface area contributed by atoms with Gasteiger partial charge >= 0.3 is 0 Å². The van der Waals surface area contributed by atoms with Crippen LogP contribution >= 0.6 is 0 Å². The van der Waals surface area contributed by atoms with Crippen molar-refractivity contribution in [2.75, 3.05) is 6.67 Å². The van der Waals surface area contributed by atoms with Gasteiger partial charge in [-0.1, -0.05) is 12.2 Å². The van der Waals surface area contributed by atoms with Crippen molar-refractivity contribution in [1.29, 1.82) is 0 Å². The summed E-state index contributed by atoms with van der Waals surface area (Å²) in [5, 5.41) is 0. The van der Waals surface area contributed by atoms with E-state index in [1.807, 2.05) is 13.0 Å². The van der Waals surface area contributed by atoms with Crippen LogP contribution in [0, 0.1) is 0 Å². The Morgan fingerprint density at radius 1 is 1.67 bits per heavy atom. The van der Waals surface area contributed by atoms with Crippen molar-refractivity contribution in [3.05, 3.63) is 12.2 Å². The van der Waals surface area contributed by atoms with Crippen LogP contribution in [0.25, 0.3) is 0 Å². The van der Waals surface area contributed by atoms with Crippen LogP contribution in [0.1, 0.15) is 13.3 Å². The fraction of sp³-hybridized carbons (Fsp3) is 0.600. The summed E-state index contributed by atoms with van der Waals surface area (Å²) < 4.78 is 11.1. The van der Waals surface area contributed by atoms with Gasteiger partial charge in [-0.25, -0.2) is 0 Å². The van der Waals surface area contributed by atoms with Crippen LogP contribution < -0.4 is 0 Å². The molecule has 0 aromatic rings. The van der Waals surface area contributed by atoms with Crippen molar-refractivity contribution in [2.45, 2.75) is 13.3 Å². The van der Waals surface area contributed by atoms with E-state index < -0.39 is 0 Å². The Morgan fingerprint density at radius 2 is 2.33 bits per heavy atom. The third kappa shape index (κ3) is 3.67. The summed E-state index contributed by atoms with van der Waals surface area (Å²) in [7, 11) is 0. The summed E-state index contributed by atoms with van der Waals surface area (Å²) in [5.74, 6) is 0. The molecule has 6 heavy (non-hydrogen) atoms. The number of hydrogen-bond acceptors (Lipinski definition) is 0. The molecule has 0 aliphatic heterocycles. The molecule has 0 rings (SSSR count). The highest BCUT2D eigenvalue weighted by Crippen LogP contribution is 1.80. The van der Waals surface area contributed by atoms with Gasteiger partial charge in [0.1, 0.15) is 0 Å². The van der Waals surface area contributed by atoms with Gasteiger partial charge < -0.3 is 0 Å². The fourth-order valence-corrected chi connectivity index (χ4v) is 0.230. The summed E-state index contributed by atoms with van der Waals surface area (Å²) in [6.45, 7) is 1.65. The average Bonchev–Trinajstić information content (AvgIpc) is 1.61. The van der Waals surface area contributed by atoms with E-state index in [1.165, 1.54) is 0 Å². The second-order valence-corrected chi connectivity index (χ2v) is 1.05. The van der Waals surface area contributed by atoms with Crippen LogP contribution in [0.5, 0.6) is 0 Å². The number of alkyl halides is 1. The van der Waals surface area contributed by atoms with E-state index in [0.717, 1.165) is 0 Å². The summed E-state index contributed by atoms with van der Waals surface area (Å²) in [4.78, 5) is 0. The number of hydrogen-bond donors (Lipinski definition) is 0. The van der Waals surface area contributed by atoms with Crippen molar-refractivity contribution < 1.29 is 4.39 Å². The van der Waals surface area contributed by atoms with Gasteiger partial charge in [0.05, 0.1) is 6.67 Å². The van der Waals surface area contributed by atoms with E-state index in [4.69, 9.17) is 0 Å². The van der Waals surface area contributed by atoms with Crippen molar-refractivity contribution in [1.82, 2.24) is 0 Å². The third-order valence-corrected chi connectivity index (χ3v) is 0.511. The largest absolute Gasteiger partial charge is 0.251 e. The first-order chi connectivity index (χ1) is 2.91. The number of halogens is 1. The standard InChI is InChI=1S/C5H9F/c1-2-3-4-5-6/h2-3H,4-5H2,1H3/b3-2-. The smallest absolute Gasteiger partial charge is 0.0928 e. The quantitative estimate of drug-likeness (QED) is 0.452. The monoisotopic (exact) mass is 88.1 g/mol. The van der Waals surface area contributed by atoms with Gasteiger partial charge in [-0.05, 0) is 13.3 Å². The molecule has 0 atom stereocenters. The molecule has 36 valence electrons. The van der Waals surface area contributed by atoms with E-state index in [2.05, 4.69) is 0 Å². The molecule has 0 radical (unpaired) electrons. The van der Waals surface area contributed by atoms with E-state index >= 15 is 0 Å². The molecule has 1 heteroatoms. The van der Waals surface area contributed by atoms with Crippen molar-refractivity contribution in [3.8, 4) is 0 Å². The molecule has 0 nitrogen and oxygen atoms in total. The van der Waals surface area contributed by atoms with Crippen molar-refractivity contribution >= 4 is 0 Å². The molecule has 0 N–H and O–H groups in total. The zero-order valence-corrected chi connectivity index (χ0v) is 3.95. The Balaban J connectivity index is 2.66. The van der Waals surface area contributed by atoms with Crippen LogP contribution in [0.4, 0.5) is 4.39 Å². The predicted molar refractivity (Wildman–Crippen MR) is 25.4 cm³/mol. The molecule has 0 unspecified atom stereocenters. The fourth-order valence-electron chi connectivity index (χ4n) is 0.230. The van der Waals surface area contributed by atoms with Gasteiger partial charge in [0.15, 0.2) is 0 Å². The molecule has 0 saturated heterocycles. The predicted octanol–water partition coefficient (Wildman–Crippen LogP) is 1.92. The molecule has 0 heterocycles. The van der Waals surface area contributed by atoms with Crippen molar-refractivity contribution in [2.24, 2.45) is 0 Å². The number of allylic oxidation sites excluding steroid dienone is 2. The van der Waals surface area contributed by atoms with Crippen LogP contribution in [0.2, 0.25) is 0 Å². The first-order valence-corrected chi connectivity index (χ1v) is 2.09. The molecule has 0 aromatic carbocycles. The van der Waals surface area contributed by atoms with Gasteiger partial charge in [-0.3, -0.25) is 4.39 Å². The normalized spacial score (nSPS) is 10.3. The Bertz CT molecular complexity index is 39.2. The van der Waals surface area contributed by atoms with Gasteiger partial charge in [0, 0.05) is 0 Å². The second kappa shape index (κ2) is 4.67. The molecule has 0 aliphatic rings. The molecule has 0 aliphatic carbocycles. The lowest BCUT2D eigenvalue weighted by Gasteiger charge is -1.73. The molecular formula is C5H9F. The minimum Gasteiger partial charge on any atom is -0.251 e. The first-order valence-electron chi connectivity index (χ1n) is 2.09. The summed E-state index contributed by atoms with van der Waals surface area (Å²) in [5.41, 5.74) is 0. The van der Waals surface area contributed by atoms with E-state index in [0.29, 0.717) is 6.42 Å². The summed E-state index contributed by atoms with van der Waals surface area (Å²) >= 11 is 0. The maximum absolute atomic E-state index is 11.1. The highest BCUT2D eigenvalue weighted by molar-refractivity contribution is 4.75. The average molecular weight is 88.1 g/mol. The minimum absolute atomic E-state index is 0.232. The van der Waals surface area contributed by atoms with Crippen LogP contribution in [-0.2, 0) is 0 Å². The lowest BCUT2D eigenvalue weighted by atomic mass is 10.4. The van der Waals surface area contributed by atoms with E-state index in [-0.39, 0.29) is 6.67 Å². The zero-order chi connectivity index (χ0) is 4.83. The highest BCUT2D eigenvalue weighted by Gasteiger charge is 1.68. The zero-order valence-electron chi connectivity index (χ0n) is 3.95. The minimum atomic E-state index is -0.232. The van der Waals surface area contributed by atoms with Gasteiger partial charge in [-0.2, -0.15) is 0 Å². The summed E-state index contributed by atoms with van der Waals surface area (Å²) in [6.07, 6.45) is 4.22. The molecule has 0 aromatic heterocycles. The molecular weight excluding hydrogens is 79.1 g/mol. The Hall–Kier alpha value is -0.330. The van der Waals surface area contributed by atoms with Crippen LogP contribution in [0.3, 0.4) is 0 Å². The number of rotatable bonds is 2. The lowest BCUT2D eigenvalue weighted by Crippen LogP contribution is -1.63. The SMILES string of the molecule is C/C=C\CCF. The maximum Gasteiger partial charge on any atom is 0.0928 e. The second-order valence-electron chi connectivity index (χ2n) is 1.05. The van der Waals surface area contributed by atoms with E-state index in [1.54, 1.807) is 6.08 Å². The summed E-state index contributed by atoms with van der Waals surface area (Å²) in [6, 6.07) is 0. The van der Waals surface area contributed by atoms with Crippen LogP contribution in [-0.4, -0.2) is 6.67 Å².